The molecule has 1 heterocycles. The van der Waals surface area contributed by atoms with Gasteiger partial charge in [0.05, 0.1) is 11.4 Å². The zero-order valence-corrected chi connectivity index (χ0v) is 15.6. The van der Waals surface area contributed by atoms with Crippen LogP contribution in [0.5, 0.6) is 0 Å². The molecule has 0 radical (unpaired) electrons. The molecule has 130 valence electrons. The van der Waals surface area contributed by atoms with Gasteiger partial charge in [-0.1, -0.05) is 54.1 Å². The van der Waals surface area contributed by atoms with Gasteiger partial charge >= 0.3 is 0 Å². The van der Waals surface area contributed by atoms with E-state index in [1.807, 2.05) is 29.6 Å². The van der Waals surface area contributed by atoms with Crippen molar-refractivity contribution in [2.75, 3.05) is 5.43 Å². The number of fused-ring (bicyclic) bond motifs is 1. The average molecular weight is 389 g/mol. The SMILES string of the molecule is N#CC(=NNc1ccc(Cl)cc1)c1nc(-c2cccc3ccccc23)cs1. The van der Waals surface area contributed by atoms with Crippen LogP contribution in [0.3, 0.4) is 0 Å². The van der Waals surface area contributed by atoms with Gasteiger partial charge in [-0.3, -0.25) is 5.43 Å². The first kappa shape index (κ1) is 17.2. The van der Waals surface area contributed by atoms with Crippen LogP contribution in [0.1, 0.15) is 5.01 Å². The molecule has 0 unspecified atom stereocenters. The summed E-state index contributed by atoms with van der Waals surface area (Å²) >= 11 is 7.27. The van der Waals surface area contributed by atoms with Crippen molar-refractivity contribution < 1.29 is 0 Å². The Morgan fingerprint density at radius 2 is 1.81 bits per heavy atom. The van der Waals surface area contributed by atoms with Crippen LogP contribution < -0.4 is 5.43 Å². The second kappa shape index (κ2) is 7.58. The molecule has 4 nitrogen and oxygen atoms in total. The van der Waals surface area contributed by atoms with E-state index in [1.165, 1.54) is 11.3 Å². The van der Waals surface area contributed by atoms with E-state index in [0.29, 0.717) is 10.0 Å². The summed E-state index contributed by atoms with van der Waals surface area (Å²) in [5.74, 6) is 0. The van der Waals surface area contributed by atoms with Crippen molar-refractivity contribution in [2.24, 2.45) is 5.10 Å². The second-order valence-corrected chi connectivity index (χ2v) is 7.05. The number of benzene rings is 3. The standard InChI is InChI=1S/C21H13ClN4S/c22-15-8-10-16(11-9-15)25-26-19(12-23)21-24-20(13-27-21)18-7-3-5-14-4-1-2-6-17(14)18/h1-11,13,25H. The summed E-state index contributed by atoms with van der Waals surface area (Å²) in [5, 5.41) is 19.1. The van der Waals surface area contributed by atoms with Crippen LogP contribution >= 0.6 is 22.9 Å². The van der Waals surface area contributed by atoms with Crippen LogP contribution in [0, 0.1) is 11.3 Å². The van der Waals surface area contributed by atoms with E-state index in [2.05, 4.69) is 39.8 Å². The first-order valence-corrected chi connectivity index (χ1v) is 9.44. The average Bonchev–Trinajstić information content (AvgIpc) is 3.19. The number of nitrogens with one attached hydrogen (secondary N) is 1. The van der Waals surface area contributed by atoms with Crippen molar-refractivity contribution in [3.8, 4) is 17.3 Å². The predicted molar refractivity (Wildman–Crippen MR) is 112 cm³/mol. The van der Waals surface area contributed by atoms with Crippen LogP contribution in [0.15, 0.2) is 77.2 Å². The first-order valence-electron chi connectivity index (χ1n) is 8.18. The summed E-state index contributed by atoms with van der Waals surface area (Å²) < 4.78 is 0. The minimum atomic E-state index is 0.237. The van der Waals surface area contributed by atoms with Gasteiger partial charge in [-0.15, -0.1) is 11.3 Å². The highest BCUT2D eigenvalue weighted by atomic mass is 35.5. The Balaban J connectivity index is 1.65. The van der Waals surface area contributed by atoms with Gasteiger partial charge < -0.3 is 0 Å². The van der Waals surface area contributed by atoms with Crippen molar-refractivity contribution >= 4 is 45.1 Å². The van der Waals surface area contributed by atoms with E-state index in [9.17, 15) is 5.26 Å². The molecule has 0 atom stereocenters. The smallest absolute Gasteiger partial charge is 0.196 e. The van der Waals surface area contributed by atoms with Crippen molar-refractivity contribution in [2.45, 2.75) is 0 Å². The van der Waals surface area contributed by atoms with E-state index in [1.54, 1.807) is 24.3 Å². The predicted octanol–water partition coefficient (Wildman–Crippen LogP) is 5.96. The summed E-state index contributed by atoms with van der Waals surface area (Å²) in [4.78, 5) is 4.63. The Labute approximate surface area is 165 Å². The monoisotopic (exact) mass is 388 g/mol. The molecule has 0 bridgehead atoms. The minimum absolute atomic E-state index is 0.237. The van der Waals surface area contributed by atoms with Gasteiger partial charge in [0.1, 0.15) is 6.07 Å². The molecule has 0 saturated heterocycles. The van der Waals surface area contributed by atoms with Crippen LogP contribution in [0.25, 0.3) is 22.0 Å². The van der Waals surface area contributed by atoms with Crippen molar-refractivity contribution in [3.63, 3.8) is 0 Å². The number of anilines is 1. The normalized spacial score (nSPS) is 11.3. The van der Waals surface area contributed by atoms with E-state index < -0.39 is 0 Å². The zero-order valence-electron chi connectivity index (χ0n) is 14.1. The Bertz CT molecular complexity index is 1170. The molecule has 0 amide bonds. The molecule has 0 spiro atoms. The molecule has 4 aromatic rings. The maximum Gasteiger partial charge on any atom is 0.196 e. The van der Waals surface area contributed by atoms with E-state index in [-0.39, 0.29) is 5.71 Å². The fourth-order valence-electron chi connectivity index (χ4n) is 2.72. The molecule has 27 heavy (non-hydrogen) atoms. The summed E-state index contributed by atoms with van der Waals surface area (Å²) in [5.41, 5.74) is 5.73. The molecule has 3 aromatic carbocycles. The topological polar surface area (TPSA) is 61.1 Å². The number of hydrogen-bond acceptors (Lipinski definition) is 5. The minimum Gasteiger partial charge on any atom is -0.277 e. The number of aromatic nitrogens is 1. The zero-order chi connectivity index (χ0) is 18.6. The third-order valence-corrected chi connectivity index (χ3v) is 5.12. The Hall–Kier alpha value is -3.20. The maximum atomic E-state index is 9.48. The van der Waals surface area contributed by atoms with Gasteiger partial charge in [-0.2, -0.15) is 10.4 Å². The molecule has 0 aliphatic rings. The van der Waals surface area contributed by atoms with Gasteiger partial charge in [0.25, 0.3) is 0 Å². The lowest BCUT2D eigenvalue weighted by Crippen LogP contribution is -2.01. The highest BCUT2D eigenvalue weighted by Crippen LogP contribution is 2.29. The summed E-state index contributed by atoms with van der Waals surface area (Å²) in [6.45, 7) is 0. The quantitative estimate of drug-likeness (QED) is 0.346. The third kappa shape index (κ3) is 3.68. The number of thiazole rings is 1. The van der Waals surface area contributed by atoms with Crippen LogP contribution in [-0.4, -0.2) is 10.7 Å². The second-order valence-electron chi connectivity index (χ2n) is 5.76. The molecule has 0 saturated carbocycles. The van der Waals surface area contributed by atoms with Gasteiger partial charge in [0, 0.05) is 16.0 Å². The molecule has 1 N–H and O–H groups in total. The van der Waals surface area contributed by atoms with Gasteiger partial charge in [-0.25, -0.2) is 4.98 Å². The molecular weight excluding hydrogens is 376 g/mol. The Morgan fingerprint density at radius 3 is 2.63 bits per heavy atom. The molecule has 0 fully saturated rings. The number of halogens is 1. The van der Waals surface area contributed by atoms with Gasteiger partial charge in [0.2, 0.25) is 0 Å². The van der Waals surface area contributed by atoms with E-state index >= 15 is 0 Å². The third-order valence-electron chi connectivity index (χ3n) is 4.02. The summed E-state index contributed by atoms with van der Waals surface area (Å²) in [7, 11) is 0. The number of hydrogen-bond donors (Lipinski definition) is 1. The van der Waals surface area contributed by atoms with E-state index in [4.69, 9.17) is 11.6 Å². The van der Waals surface area contributed by atoms with Crippen molar-refractivity contribution in [1.82, 2.24) is 4.98 Å². The van der Waals surface area contributed by atoms with Gasteiger partial charge in [0.15, 0.2) is 10.7 Å². The number of nitrogens with zero attached hydrogens (tertiary/aromatic N) is 3. The lowest BCUT2D eigenvalue weighted by atomic mass is 10.0. The number of rotatable bonds is 4. The molecule has 4 rings (SSSR count). The number of nitriles is 1. The van der Waals surface area contributed by atoms with Crippen LogP contribution in [-0.2, 0) is 0 Å². The highest BCUT2D eigenvalue weighted by molar-refractivity contribution is 7.12. The Morgan fingerprint density at radius 1 is 1.04 bits per heavy atom. The number of hydrazone groups is 1. The van der Waals surface area contributed by atoms with Crippen molar-refractivity contribution in [3.05, 3.63) is 82.1 Å². The molecule has 0 aliphatic heterocycles. The fourth-order valence-corrected chi connectivity index (χ4v) is 3.60. The van der Waals surface area contributed by atoms with Crippen LogP contribution in [0.4, 0.5) is 5.69 Å². The summed E-state index contributed by atoms with van der Waals surface area (Å²) in [6, 6.07) is 23.5. The lowest BCUT2D eigenvalue weighted by molar-refractivity contribution is 1.31. The fraction of sp³-hybridized carbons (Fsp3) is 0. The summed E-state index contributed by atoms with van der Waals surface area (Å²) in [6.07, 6.45) is 0. The van der Waals surface area contributed by atoms with E-state index in [0.717, 1.165) is 27.7 Å². The Kier molecular flexibility index (Phi) is 4.84. The molecular formula is C21H13ClN4S. The molecule has 6 heteroatoms. The lowest BCUT2D eigenvalue weighted by Gasteiger charge is -2.03. The van der Waals surface area contributed by atoms with Crippen LogP contribution in [0.2, 0.25) is 5.02 Å². The van der Waals surface area contributed by atoms with Crippen molar-refractivity contribution in [1.29, 1.82) is 5.26 Å². The van der Waals surface area contributed by atoms with Gasteiger partial charge in [-0.05, 0) is 35.0 Å². The molecule has 1 aromatic heterocycles. The molecule has 0 aliphatic carbocycles. The highest BCUT2D eigenvalue weighted by Gasteiger charge is 2.12. The largest absolute Gasteiger partial charge is 0.277 e. The maximum absolute atomic E-state index is 9.48. The first-order chi connectivity index (χ1) is 13.2.